The van der Waals surface area contributed by atoms with Crippen LogP contribution in [-0.4, -0.2) is 46.5 Å². The summed E-state index contributed by atoms with van der Waals surface area (Å²) in [6.45, 7) is 16.9. The van der Waals surface area contributed by atoms with Crippen molar-refractivity contribution in [1.82, 2.24) is 15.5 Å². The molecule has 0 aliphatic heterocycles. The van der Waals surface area contributed by atoms with Gasteiger partial charge in [0, 0.05) is 12.1 Å². The van der Waals surface area contributed by atoms with Crippen molar-refractivity contribution in [1.29, 1.82) is 0 Å². The lowest BCUT2D eigenvalue weighted by Gasteiger charge is -2.39. The maximum atomic E-state index is 14.1. The Morgan fingerprint density at radius 1 is 0.944 bits per heavy atom. The first-order chi connectivity index (χ1) is 16.7. The molecule has 0 aromatic heterocycles. The third kappa shape index (κ3) is 8.52. The first-order valence-corrected chi connectivity index (χ1v) is 13.4. The smallest absolute Gasteiger partial charge is 0.408 e. The molecule has 1 aliphatic carbocycles. The Morgan fingerprint density at radius 3 is 1.97 bits per heavy atom. The van der Waals surface area contributed by atoms with E-state index in [1.54, 1.807) is 25.7 Å². The van der Waals surface area contributed by atoms with E-state index in [9.17, 15) is 14.4 Å². The average molecular weight is 502 g/mol. The van der Waals surface area contributed by atoms with Crippen molar-refractivity contribution in [2.45, 2.75) is 124 Å². The standard InChI is InChI=1S/C29H47N3O4/c1-18(2)24(31-28(35)36-29(7,8)9)27(34)32(19(3)4)25(22-16-20(5)15-21(6)17-22)26(33)30-23-13-11-10-12-14-23/h15-19,23-25H,10-14H2,1-9H3,(H,30,33)(H,31,35). The van der Waals surface area contributed by atoms with Crippen LogP contribution in [0.15, 0.2) is 18.2 Å². The highest BCUT2D eigenvalue weighted by molar-refractivity contribution is 5.92. The maximum Gasteiger partial charge on any atom is 0.408 e. The van der Waals surface area contributed by atoms with E-state index in [0.29, 0.717) is 0 Å². The number of nitrogens with zero attached hydrogens (tertiary/aromatic N) is 1. The van der Waals surface area contributed by atoms with E-state index < -0.39 is 23.8 Å². The Bertz CT molecular complexity index is 893. The molecular weight excluding hydrogens is 454 g/mol. The molecule has 1 aliphatic rings. The molecule has 0 spiro atoms. The lowest BCUT2D eigenvalue weighted by Crippen LogP contribution is -2.57. The minimum Gasteiger partial charge on any atom is -0.444 e. The zero-order valence-electron chi connectivity index (χ0n) is 23.7. The van der Waals surface area contributed by atoms with E-state index >= 15 is 0 Å². The van der Waals surface area contributed by atoms with Crippen LogP contribution in [0.25, 0.3) is 0 Å². The zero-order chi connectivity index (χ0) is 27.2. The molecule has 7 nitrogen and oxygen atoms in total. The van der Waals surface area contributed by atoms with Gasteiger partial charge in [0.1, 0.15) is 17.7 Å². The van der Waals surface area contributed by atoms with Crippen molar-refractivity contribution in [3.8, 4) is 0 Å². The summed E-state index contributed by atoms with van der Waals surface area (Å²) in [4.78, 5) is 42.2. The van der Waals surface area contributed by atoms with Gasteiger partial charge in [0.25, 0.3) is 0 Å². The highest BCUT2D eigenvalue weighted by Gasteiger charge is 2.39. The number of ether oxygens (including phenoxy) is 1. The summed E-state index contributed by atoms with van der Waals surface area (Å²) in [6, 6.07) is 4.21. The molecule has 0 bridgehead atoms. The topological polar surface area (TPSA) is 87.7 Å². The SMILES string of the molecule is Cc1cc(C)cc(C(C(=O)NC2CCCCC2)N(C(=O)C(NC(=O)OC(C)(C)C)C(C)C)C(C)C)c1. The molecule has 0 radical (unpaired) electrons. The van der Waals surface area contributed by atoms with Crippen LogP contribution in [0.4, 0.5) is 4.79 Å². The first-order valence-electron chi connectivity index (χ1n) is 13.4. The van der Waals surface area contributed by atoms with Crippen molar-refractivity contribution in [3.63, 3.8) is 0 Å². The molecular formula is C29H47N3O4. The number of hydrogen-bond donors (Lipinski definition) is 2. The number of aryl methyl sites for hydroxylation is 2. The Hall–Kier alpha value is -2.57. The third-order valence-electron chi connectivity index (χ3n) is 6.45. The van der Waals surface area contributed by atoms with Crippen LogP contribution in [0.3, 0.4) is 0 Å². The summed E-state index contributed by atoms with van der Waals surface area (Å²) in [7, 11) is 0. The normalized spacial score (nSPS) is 16.4. The molecule has 2 N–H and O–H groups in total. The molecule has 2 atom stereocenters. The van der Waals surface area contributed by atoms with E-state index in [1.807, 2.05) is 53.7 Å². The number of benzene rings is 1. The average Bonchev–Trinajstić information content (AvgIpc) is 2.73. The lowest BCUT2D eigenvalue weighted by molar-refractivity contribution is -0.145. The van der Waals surface area contributed by atoms with Crippen LogP contribution < -0.4 is 10.6 Å². The van der Waals surface area contributed by atoms with Crippen LogP contribution in [0, 0.1) is 19.8 Å². The molecule has 1 fully saturated rings. The fraction of sp³-hybridized carbons (Fsp3) is 0.690. The van der Waals surface area contributed by atoms with Gasteiger partial charge in [-0.05, 0) is 72.8 Å². The minimum absolute atomic E-state index is 0.115. The van der Waals surface area contributed by atoms with Crippen molar-refractivity contribution < 1.29 is 19.1 Å². The second kappa shape index (κ2) is 12.6. The number of hydrogen-bond acceptors (Lipinski definition) is 4. The molecule has 202 valence electrons. The van der Waals surface area contributed by atoms with Gasteiger partial charge in [0.15, 0.2) is 0 Å². The highest BCUT2D eigenvalue weighted by Crippen LogP contribution is 2.29. The summed E-state index contributed by atoms with van der Waals surface area (Å²) in [5.41, 5.74) is 2.16. The number of carbonyl (C=O) groups is 3. The van der Waals surface area contributed by atoms with E-state index in [0.717, 1.165) is 42.4 Å². The number of rotatable bonds is 8. The van der Waals surface area contributed by atoms with Crippen LogP contribution >= 0.6 is 0 Å². The predicted molar refractivity (Wildman–Crippen MR) is 144 cm³/mol. The van der Waals surface area contributed by atoms with Crippen LogP contribution in [-0.2, 0) is 14.3 Å². The van der Waals surface area contributed by atoms with E-state index in [-0.39, 0.29) is 29.8 Å². The van der Waals surface area contributed by atoms with Crippen molar-refractivity contribution in [2.75, 3.05) is 0 Å². The minimum atomic E-state index is -0.835. The Morgan fingerprint density at radius 2 is 1.50 bits per heavy atom. The van der Waals surface area contributed by atoms with E-state index in [2.05, 4.69) is 16.7 Å². The van der Waals surface area contributed by atoms with Gasteiger partial charge < -0.3 is 20.3 Å². The quantitative estimate of drug-likeness (QED) is 0.487. The summed E-state index contributed by atoms with van der Waals surface area (Å²) < 4.78 is 5.43. The van der Waals surface area contributed by atoms with E-state index in [1.165, 1.54) is 6.42 Å². The van der Waals surface area contributed by atoms with Gasteiger partial charge in [0.2, 0.25) is 11.8 Å². The Labute approximate surface area is 217 Å². The van der Waals surface area contributed by atoms with Gasteiger partial charge in [-0.2, -0.15) is 0 Å². The lowest BCUT2D eigenvalue weighted by atomic mass is 9.93. The molecule has 0 heterocycles. The van der Waals surface area contributed by atoms with Gasteiger partial charge in [-0.25, -0.2) is 4.79 Å². The van der Waals surface area contributed by atoms with Gasteiger partial charge >= 0.3 is 6.09 Å². The van der Waals surface area contributed by atoms with Crippen molar-refractivity contribution >= 4 is 17.9 Å². The largest absolute Gasteiger partial charge is 0.444 e. The molecule has 7 heteroatoms. The fourth-order valence-corrected chi connectivity index (χ4v) is 4.92. The third-order valence-corrected chi connectivity index (χ3v) is 6.45. The molecule has 3 amide bonds. The number of nitrogens with one attached hydrogen (secondary N) is 2. The Kier molecular flexibility index (Phi) is 10.4. The number of alkyl carbamates (subject to hydrolysis) is 1. The molecule has 1 aromatic rings. The molecule has 1 aromatic carbocycles. The van der Waals surface area contributed by atoms with Gasteiger partial charge in [-0.15, -0.1) is 0 Å². The number of amides is 3. The van der Waals surface area contributed by atoms with Crippen LogP contribution in [0.5, 0.6) is 0 Å². The summed E-state index contributed by atoms with van der Waals surface area (Å²) >= 11 is 0. The van der Waals surface area contributed by atoms with E-state index in [4.69, 9.17) is 4.74 Å². The molecule has 2 rings (SSSR count). The van der Waals surface area contributed by atoms with Gasteiger partial charge in [-0.1, -0.05) is 62.4 Å². The maximum absolute atomic E-state index is 14.1. The second-order valence-electron chi connectivity index (χ2n) is 11.9. The fourth-order valence-electron chi connectivity index (χ4n) is 4.92. The summed E-state index contributed by atoms with van der Waals surface area (Å²) in [5.74, 6) is -0.671. The molecule has 2 unspecified atom stereocenters. The highest BCUT2D eigenvalue weighted by atomic mass is 16.6. The Balaban J connectivity index is 2.47. The molecule has 36 heavy (non-hydrogen) atoms. The second-order valence-corrected chi connectivity index (χ2v) is 11.9. The van der Waals surface area contributed by atoms with Crippen molar-refractivity contribution in [2.24, 2.45) is 5.92 Å². The monoisotopic (exact) mass is 501 g/mol. The van der Waals surface area contributed by atoms with Gasteiger partial charge in [-0.3, -0.25) is 9.59 Å². The molecule has 0 saturated heterocycles. The predicted octanol–water partition coefficient (Wildman–Crippen LogP) is 5.58. The summed E-state index contributed by atoms with van der Waals surface area (Å²) in [5, 5.41) is 6.02. The molecule has 1 saturated carbocycles. The van der Waals surface area contributed by atoms with Gasteiger partial charge in [0.05, 0.1) is 0 Å². The zero-order valence-corrected chi connectivity index (χ0v) is 23.7. The van der Waals surface area contributed by atoms with Crippen molar-refractivity contribution in [3.05, 3.63) is 34.9 Å². The number of carbonyl (C=O) groups excluding carboxylic acids is 3. The first kappa shape index (κ1) is 29.7. The van der Waals surface area contributed by atoms with Crippen LogP contribution in [0.2, 0.25) is 0 Å². The van der Waals surface area contributed by atoms with Crippen LogP contribution in [0.1, 0.15) is 103 Å². The summed E-state index contributed by atoms with van der Waals surface area (Å²) in [6.07, 6.45) is 4.65.